The molecule has 0 atom stereocenters. The summed E-state index contributed by atoms with van der Waals surface area (Å²) >= 11 is 0. The molecule has 0 unspecified atom stereocenters. The Morgan fingerprint density at radius 1 is 0.600 bits per heavy atom. The van der Waals surface area contributed by atoms with Crippen molar-refractivity contribution in [1.82, 2.24) is 24.5 Å². The quantitative estimate of drug-likeness (QED) is 0.106. The first-order valence-corrected chi connectivity index (χ1v) is 15.3. The summed E-state index contributed by atoms with van der Waals surface area (Å²) in [7, 11) is 0. The molecule has 9 heteroatoms. The van der Waals surface area contributed by atoms with Gasteiger partial charge in [-0.1, -0.05) is 60.7 Å². The monoisotopic (exact) mass is 925 g/mol. The minimum atomic E-state index is -2.04. The molecule has 8 aromatic rings. The average Bonchev–Trinajstić information content (AvgIpc) is 3.47. The Bertz CT molecular complexity index is 2340. The van der Waals surface area contributed by atoms with E-state index in [9.17, 15) is 0 Å². The minimum Gasteiger partial charge on any atom is -0.503 e. The van der Waals surface area contributed by atoms with Gasteiger partial charge in [0.25, 0.3) is 0 Å². The van der Waals surface area contributed by atoms with Crippen molar-refractivity contribution in [3.8, 4) is 51.5 Å². The molecule has 0 saturated carbocycles. The van der Waals surface area contributed by atoms with Crippen molar-refractivity contribution >= 4 is 21.8 Å². The van der Waals surface area contributed by atoms with Crippen LogP contribution in [0.1, 0.15) is 22.9 Å². The number of ether oxygens (including phenoxy) is 2. The van der Waals surface area contributed by atoms with Gasteiger partial charge in [0.05, 0.1) is 0 Å². The molecule has 0 N–H and O–H groups in total. The summed E-state index contributed by atoms with van der Waals surface area (Å²) in [5.74, 6) is 2.32. The zero-order chi connectivity index (χ0) is 34.8. The van der Waals surface area contributed by atoms with Gasteiger partial charge in [0.1, 0.15) is 0 Å². The van der Waals surface area contributed by atoms with Crippen molar-refractivity contribution < 1.29 is 55.1 Å². The first kappa shape index (κ1) is 31.0. The predicted molar refractivity (Wildman–Crippen MR) is 185 cm³/mol. The third-order valence-corrected chi connectivity index (χ3v) is 7.70. The van der Waals surface area contributed by atoms with Crippen LogP contribution < -0.4 is 9.47 Å². The van der Waals surface area contributed by atoms with E-state index in [-0.39, 0.29) is 47.9 Å². The van der Waals surface area contributed by atoms with Crippen LogP contribution in [0.25, 0.3) is 50.3 Å². The Morgan fingerprint density at radius 3 is 1.60 bits per heavy atom. The van der Waals surface area contributed by atoms with Gasteiger partial charge in [-0.3, -0.25) is 0 Å². The van der Waals surface area contributed by atoms with E-state index in [4.69, 9.17) is 13.6 Å². The first-order chi connectivity index (χ1) is 24.9. The van der Waals surface area contributed by atoms with Crippen LogP contribution in [0.5, 0.6) is 23.0 Å². The number of nitrogens with zero attached hydrogens (tertiary/aromatic N) is 5. The van der Waals surface area contributed by atoms with E-state index >= 15 is 0 Å². The molecular weight excluding hydrogens is 896 g/mol. The summed E-state index contributed by atoms with van der Waals surface area (Å²) in [6.45, 7) is -2.04. The molecule has 0 spiro atoms. The molecule has 0 saturated heterocycles. The number of hydrogen-bond acceptors (Lipinski definition) is 6. The van der Waals surface area contributed by atoms with Gasteiger partial charge in [0, 0.05) is 51.9 Å². The summed E-state index contributed by atoms with van der Waals surface area (Å²) in [5, 5.41) is 1.76. The summed E-state index contributed by atoms with van der Waals surface area (Å²) in [5.41, 5.74) is 5.24. The van der Waals surface area contributed by atoms with Gasteiger partial charge < -0.3 is 24.0 Å². The van der Waals surface area contributed by atoms with Gasteiger partial charge >= 0.3 is 41.5 Å². The van der Waals surface area contributed by atoms with Crippen LogP contribution in [-0.4, -0.2) is 24.5 Å². The normalized spacial score (nSPS) is 11.9. The van der Waals surface area contributed by atoms with Crippen LogP contribution in [-0.2, 0) is 47.9 Å². The molecule has 0 aliphatic rings. The van der Waals surface area contributed by atoms with Crippen LogP contribution in [0.15, 0.2) is 122 Å². The predicted octanol–water partition coefficient (Wildman–Crippen LogP) is 9.43. The molecule has 8 rings (SSSR count). The fourth-order valence-corrected chi connectivity index (χ4v) is 5.48. The number of pyridine rings is 2. The largest absolute Gasteiger partial charge is 2.00 e. The maximum atomic E-state index is 7.58. The van der Waals surface area contributed by atoms with Crippen molar-refractivity contribution in [2.75, 3.05) is 0 Å². The van der Waals surface area contributed by atoms with E-state index < -0.39 is 6.85 Å². The van der Waals surface area contributed by atoms with Gasteiger partial charge in [-0.2, -0.15) is 22.9 Å². The number of benzene rings is 4. The Balaban J connectivity index is 0.00000240. The fraction of sp³-hybridized carbons (Fsp3) is 0.0732. The van der Waals surface area contributed by atoms with Gasteiger partial charge in [-0.05, 0) is 35.5 Å². The van der Waals surface area contributed by atoms with Crippen molar-refractivity contribution in [3.05, 3.63) is 152 Å². The fourth-order valence-electron chi connectivity index (χ4n) is 5.48. The number of aryl methyl sites for hydroxylation is 1. The molecule has 0 aliphatic carbocycles. The molecule has 4 heterocycles. The Labute approximate surface area is 322 Å². The van der Waals surface area contributed by atoms with Crippen molar-refractivity contribution in [3.63, 3.8) is 0 Å². The van der Waals surface area contributed by atoms with Gasteiger partial charge in [-0.15, -0.1) is 71.8 Å². The van der Waals surface area contributed by atoms with E-state index in [1.807, 2.05) is 102 Å². The molecule has 7 nitrogen and oxygen atoms in total. The second kappa shape index (κ2) is 15.7. The zero-order valence-electron chi connectivity index (χ0n) is 29.1. The topological polar surface area (TPSA) is 75.0 Å². The van der Waals surface area contributed by atoms with Crippen LogP contribution in [0.4, 0.5) is 0 Å². The SMILES string of the molecule is [2H]C([2H])([2H])CCc1cnc(-n2c3[c-]c(Oc4[c-]c(-c5ccccn5)ccc4)ccc3c3ccc(Oc4[c-]c(-c5ccccn5)ccc4)[c-]c32)nc1.[Pd+2].[Pt+2]. The molecule has 0 fully saturated rings. The van der Waals surface area contributed by atoms with Gasteiger partial charge in [0.15, 0.2) is 0 Å². The Morgan fingerprint density at radius 2 is 1.12 bits per heavy atom. The number of hydrogen-bond donors (Lipinski definition) is 0. The summed E-state index contributed by atoms with van der Waals surface area (Å²) in [6, 6.07) is 43.8. The Kier molecular flexibility index (Phi) is 9.74. The number of rotatable bonds is 9. The molecule has 0 bridgehead atoms. The maximum Gasteiger partial charge on any atom is 2.00 e. The maximum absolute atomic E-state index is 7.58. The molecular formula is C41H27N5O2PdPt. The second-order valence-corrected chi connectivity index (χ2v) is 10.9. The average molecular weight is 926 g/mol. The Hall–Kier alpha value is -4.99. The second-order valence-electron chi connectivity index (χ2n) is 10.9. The first-order valence-electron chi connectivity index (χ1n) is 16.8. The molecule has 0 amide bonds. The van der Waals surface area contributed by atoms with E-state index in [0.29, 0.717) is 46.4 Å². The zero-order valence-corrected chi connectivity index (χ0v) is 30.0. The number of fused-ring (bicyclic) bond motifs is 3. The third-order valence-electron chi connectivity index (χ3n) is 7.70. The van der Waals surface area contributed by atoms with Gasteiger partial charge in [-0.25, -0.2) is 9.97 Å². The van der Waals surface area contributed by atoms with Crippen LogP contribution in [0.3, 0.4) is 0 Å². The van der Waals surface area contributed by atoms with Crippen molar-refractivity contribution in [2.24, 2.45) is 0 Å². The van der Waals surface area contributed by atoms with Crippen LogP contribution >= 0.6 is 0 Å². The smallest absolute Gasteiger partial charge is 0.503 e. The standard InChI is InChI=1S/C41H27N5O2.Pd.Pt/c1-2-9-28-26-44-41(45-27-28)46-39-24-33(47-31-12-7-10-29(22-31)37-14-3-5-20-42-37)16-18-35(39)36-19-17-34(25-40(36)46)48-32-13-8-11-30(23-32)38-15-4-6-21-43-38;;/h3-8,10-21,26-27H,2,9H2,1H3;;/q-4;2*+2/i1D3;;. The molecule has 0 aliphatic heterocycles. The van der Waals surface area contributed by atoms with E-state index in [0.717, 1.165) is 38.9 Å². The molecule has 0 radical (unpaired) electrons. The van der Waals surface area contributed by atoms with Crippen LogP contribution in [0, 0.1) is 24.3 Å². The third kappa shape index (κ3) is 7.29. The van der Waals surface area contributed by atoms with Crippen LogP contribution in [0.2, 0.25) is 0 Å². The van der Waals surface area contributed by atoms with Crippen molar-refractivity contribution in [1.29, 1.82) is 0 Å². The molecule has 248 valence electrons. The molecule has 4 aromatic carbocycles. The summed E-state index contributed by atoms with van der Waals surface area (Å²) in [6.07, 6.45) is 7.16. The van der Waals surface area contributed by atoms with Crippen molar-refractivity contribution in [2.45, 2.75) is 19.7 Å². The number of aromatic nitrogens is 5. The molecule has 50 heavy (non-hydrogen) atoms. The van der Waals surface area contributed by atoms with Gasteiger partial charge in [0.2, 0.25) is 5.95 Å². The van der Waals surface area contributed by atoms with E-state index in [2.05, 4.69) is 44.2 Å². The minimum absolute atomic E-state index is 0. The summed E-state index contributed by atoms with van der Waals surface area (Å²) < 4.78 is 37.1. The summed E-state index contributed by atoms with van der Waals surface area (Å²) in [4.78, 5) is 18.2. The van der Waals surface area contributed by atoms with E-state index in [1.54, 1.807) is 24.8 Å². The molecule has 4 aromatic heterocycles. The van der Waals surface area contributed by atoms with E-state index in [1.165, 1.54) is 0 Å².